The summed E-state index contributed by atoms with van der Waals surface area (Å²) in [6.45, 7) is 0.871. The average molecular weight is 217 g/mol. The van der Waals surface area contributed by atoms with Gasteiger partial charge in [-0.15, -0.1) is 0 Å². The van der Waals surface area contributed by atoms with Gasteiger partial charge < -0.3 is 10.5 Å². The van der Waals surface area contributed by atoms with Gasteiger partial charge in [0, 0.05) is 6.04 Å². The van der Waals surface area contributed by atoms with Crippen LogP contribution in [-0.4, -0.2) is 6.61 Å². The summed E-state index contributed by atoms with van der Waals surface area (Å²) in [6.07, 6.45) is 6.22. The molecular weight excluding hydrogens is 198 g/mol. The van der Waals surface area contributed by atoms with Crippen LogP contribution in [0.4, 0.5) is 0 Å². The summed E-state index contributed by atoms with van der Waals surface area (Å²) >= 11 is 0. The van der Waals surface area contributed by atoms with E-state index in [4.69, 9.17) is 10.5 Å². The third-order valence-corrected chi connectivity index (χ3v) is 3.73. The van der Waals surface area contributed by atoms with Crippen molar-refractivity contribution < 1.29 is 4.74 Å². The fraction of sp³-hybridized carbons (Fsp3) is 0.571. The Bertz CT molecular complexity index is 384. The van der Waals surface area contributed by atoms with Gasteiger partial charge in [-0.2, -0.15) is 0 Å². The molecule has 0 heterocycles. The van der Waals surface area contributed by atoms with Crippen molar-refractivity contribution in [2.45, 2.75) is 38.1 Å². The van der Waals surface area contributed by atoms with Crippen LogP contribution in [0.2, 0.25) is 0 Å². The van der Waals surface area contributed by atoms with Crippen molar-refractivity contribution in [1.82, 2.24) is 0 Å². The molecule has 3 rings (SSSR count). The lowest BCUT2D eigenvalue weighted by molar-refractivity contribution is 0.302. The van der Waals surface area contributed by atoms with E-state index in [1.54, 1.807) is 0 Å². The van der Waals surface area contributed by atoms with E-state index in [1.165, 1.54) is 30.4 Å². The Hall–Kier alpha value is -1.02. The molecule has 0 spiro atoms. The maximum Gasteiger partial charge on any atom is 0.119 e. The van der Waals surface area contributed by atoms with E-state index in [2.05, 4.69) is 18.2 Å². The number of nitrogens with two attached hydrogens (primary N) is 1. The predicted molar refractivity (Wildman–Crippen MR) is 64.5 cm³/mol. The molecule has 86 valence electrons. The molecule has 0 aromatic heterocycles. The molecule has 0 radical (unpaired) electrons. The number of hydrogen-bond acceptors (Lipinski definition) is 2. The Morgan fingerprint density at radius 3 is 2.94 bits per heavy atom. The van der Waals surface area contributed by atoms with Gasteiger partial charge in [-0.25, -0.2) is 0 Å². The number of benzene rings is 1. The summed E-state index contributed by atoms with van der Waals surface area (Å²) < 4.78 is 5.78. The normalized spacial score (nSPS) is 23.2. The van der Waals surface area contributed by atoms with Gasteiger partial charge in [0.2, 0.25) is 0 Å². The first-order valence-electron chi connectivity index (χ1n) is 6.34. The van der Waals surface area contributed by atoms with Crippen LogP contribution >= 0.6 is 0 Å². The Morgan fingerprint density at radius 1 is 1.25 bits per heavy atom. The second kappa shape index (κ2) is 4.10. The molecule has 0 amide bonds. The second-order valence-electron chi connectivity index (χ2n) is 5.09. The van der Waals surface area contributed by atoms with E-state index in [9.17, 15) is 0 Å². The highest BCUT2D eigenvalue weighted by atomic mass is 16.5. The topological polar surface area (TPSA) is 35.2 Å². The van der Waals surface area contributed by atoms with Crippen LogP contribution in [0.25, 0.3) is 0 Å². The molecule has 2 N–H and O–H groups in total. The van der Waals surface area contributed by atoms with Crippen molar-refractivity contribution in [3.05, 3.63) is 29.3 Å². The second-order valence-corrected chi connectivity index (χ2v) is 5.09. The lowest BCUT2D eigenvalue weighted by atomic mass is 10.1. The van der Waals surface area contributed by atoms with E-state index < -0.39 is 0 Å². The Morgan fingerprint density at radius 2 is 2.12 bits per heavy atom. The van der Waals surface area contributed by atoms with Gasteiger partial charge >= 0.3 is 0 Å². The Kier molecular flexibility index (Phi) is 2.60. The fourth-order valence-corrected chi connectivity index (χ4v) is 2.47. The summed E-state index contributed by atoms with van der Waals surface area (Å²) in [7, 11) is 0. The molecule has 1 unspecified atom stereocenters. The minimum Gasteiger partial charge on any atom is -0.494 e. The Labute approximate surface area is 96.8 Å². The standard InChI is InChI=1S/C14H19NO/c15-14-6-3-11-9-12(4-5-13(11)14)16-8-7-10-1-2-10/h4-5,9-10,14H,1-3,6-8,15H2. The number of rotatable bonds is 4. The van der Waals surface area contributed by atoms with Gasteiger partial charge in [0.25, 0.3) is 0 Å². The van der Waals surface area contributed by atoms with Crippen LogP contribution < -0.4 is 10.5 Å². The highest BCUT2D eigenvalue weighted by molar-refractivity contribution is 5.40. The molecule has 2 heteroatoms. The number of hydrogen-bond donors (Lipinski definition) is 1. The van der Waals surface area contributed by atoms with Crippen molar-refractivity contribution in [3.63, 3.8) is 0 Å². The van der Waals surface area contributed by atoms with E-state index >= 15 is 0 Å². The molecule has 1 fully saturated rings. The fourth-order valence-electron chi connectivity index (χ4n) is 2.47. The molecule has 2 aliphatic rings. The highest BCUT2D eigenvalue weighted by Gasteiger charge is 2.21. The largest absolute Gasteiger partial charge is 0.494 e. The summed E-state index contributed by atoms with van der Waals surface area (Å²) in [5.74, 6) is 1.97. The van der Waals surface area contributed by atoms with Gasteiger partial charge in [-0.3, -0.25) is 0 Å². The highest BCUT2D eigenvalue weighted by Crippen LogP contribution is 2.34. The first-order valence-corrected chi connectivity index (χ1v) is 6.34. The minimum atomic E-state index is 0.246. The van der Waals surface area contributed by atoms with Crippen molar-refractivity contribution in [2.24, 2.45) is 11.7 Å². The zero-order valence-corrected chi connectivity index (χ0v) is 9.61. The minimum absolute atomic E-state index is 0.246. The quantitative estimate of drug-likeness (QED) is 0.841. The maximum absolute atomic E-state index is 6.00. The molecular formula is C14H19NO. The summed E-state index contributed by atoms with van der Waals surface area (Å²) in [6, 6.07) is 6.63. The number of fused-ring (bicyclic) bond motifs is 1. The van der Waals surface area contributed by atoms with Crippen molar-refractivity contribution in [3.8, 4) is 5.75 Å². The molecule has 0 saturated heterocycles. The van der Waals surface area contributed by atoms with Crippen molar-refractivity contribution in [2.75, 3.05) is 6.61 Å². The molecule has 1 aromatic rings. The van der Waals surface area contributed by atoms with E-state index in [1.807, 2.05) is 0 Å². The molecule has 16 heavy (non-hydrogen) atoms. The first-order chi connectivity index (χ1) is 7.83. The van der Waals surface area contributed by atoms with Crippen LogP contribution in [0, 0.1) is 5.92 Å². The average Bonchev–Trinajstić information content (AvgIpc) is 3.04. The molecule has 1 atom stereocenters. The van der Waals surface area contributed by atoms with Crippen LogP contribution in [0.3, 0.4) is 0 Å². The molecule has 2 aliphatic carbocycles. The number of ether oxygens (including phenoxy) is 1. The molecule has 2 nitrogen and oxygen atoms in total. The van der Waals surface area contributed by atoms with Crippen LogP contribution in [0.15, 0.2) is 18.2 Å². The monoisotopic (exact) mass is 217 g/mol. The lowest BCUT2D eigenvalue weighted by Gasteiger charge is -2.09. The van der Waals surface area contributed by atoms with Crippen LogP contribution in [-0.2, 0) is 6.42 Å². The molecule has 1 aromatic carbocycles. The van der Waals surface area contributed by atoms with E-state index in [0.717, 1.165) is 31.1 Å². The third kappa shape index (κ3) is 2.07. The first kappa shape index (κ1) is 10.2. The van der Waals surface area contributed by atoms with Crippen molar-refractivity contribution >= 4 is 0 Å². The Balaban J connectivity index is 1.62. The van der Waals surface area contributed by atoms with Gasteiger partial charge in [0.15, 0.2) is 0 Å². The predicted octanol–water partition coefficient (Wildman–Crippen LogP) is 2.81. The summed E-state index contributed by atoms with van der Waals surface area (Å²) in [4.78, 5) is 0. The number of aryl methyl sites for hydroxylation is 1. The van der Waals surface area contributed by atoms with Gasteiger partial charge in [0.05, 0.1) is 6.61 Å². The van der Waals surface area contributed by atoms with E-state index in [-0.39, 0.29) is 6.04 Å². The maximum atomic E-state index is 6.00. The SMILES string of the molecule is NC1CCc2cc(OCCC3CC3)ccc21. The van der Waals surface area contributed by atoms with E-state index in [0.29, 0.717) is 0 Å². The van der Waals surface area contributed by atoms with Crippen LogP contribution in [0.5, 0.6) is 5.75 Å². The van der Waals surface area contributed by atoms with Crippen molar-refractivity contribution in [1.29, 1.82) is 0 Å². The zero-order valence-electron chi connectivity index (χ0n) is 9.61. The molecule has 0 bridgehead atoms. The third-order valence-electron chi connectivity index (χ3n) is 3.73. The lowest BCUT2D eigenvalue weighted by Crippen LogP contribution is -2.05. The smallest absolute Gasteiger partial charge is 0.119 e. The summed E-state index contributed by atoms with van der Waals surface area (Å²) in [5, 5.41) is 0. The molecule has 0 aliphatic heterocycles. The molecule has 1 saturated carbocycles. The van der Waals surface area contributed by atoms with Gasteiger partial charge in [0.1, 0.15) is 5.75 Å². The zero-order chi connectivity index (χ0) is 11.0. The van der Waals surface area contributed by atoms with Crippen LogP contribution in [0.1, 0.15) is 42.9 Å². The van der Waals surface area contributed by atoms with Gasteiger partial charge in [-0.05, 0) is 48.4 Å². The van der Waals surface area contributed by atoms with Gasteiger partial charge in [-0.1, -0.05) is 18.9 Å². The summed E-state index contributed by atoms with van der Waals surface area (Å²) in [5.41, 5.74) is 8.70.